The van der Waals surface area contributed by atoms with Crippen LogP contribution in [0.1, 0.15) is 119 Å². The molecule has 0 aliphatic carbocycles. The summed E-state index contributed by atoms with van der Waals surface area (Å²) in [5.41, 5.74) is -1.01. The number of fused-ring (bicyclic) bond motifs is 1. The van der Waals surface area contributed by atoms with Gasteiger partial charge in [0.25, 0.3) is 21.8 Å². The topological polar surface area (TPSA) is 135 Å². The van der Waals surface area contributed by atoms with Gasteiger partial charge in [0.2, 0.25) is 0 Å². The number of aliphatic imine (C=N–C) groups is 1. The van der Waals surface area contributed by atoms with E-state index in [1.807, 2.05) is 12.1 Å². The third-order valence-electron chi connectivity index (χ3n) is 9.62. The van der Waals surface area contributed by atoms with E-state index in [9.17, 15) is 22.8 Å². The Bertz CT molecular complexity index is 1710. The average Bonchev–Trinajstić information content (AvgIpc) is 3.31. The van der Waals surface area contributed by atoms with E-state index < -0.39 is 39.6 Å². The largest absolute Gasteiger partial charge is 0.433 e. The second-order valence-electron chi connectivity index (χ2n) is 14.8. The van der Waals surface area contributed by atoms with Crippen molar-refractivity contribution in [3.8, 4) is 0 Å². The number of amidine groups is 1. The van der Waals surface area contributed by atoms with Gasteiger partial charge in [-0.2, -0.15) is 0 Å². The average molecular weight is 771 g/mol. The van der Waals surface area contributed by atoms with Crippen molar-refractivity contribution in [1.82, 2.24) is 9.21 Å². The maximum atomic E-state index is 14.5. The first-order valence-corrected chi connectivity index (χ1v) is 21.4. The van der Waals surface area contributed by atoms with Crippen molar-refractivity contribution in [2.75, 3.05) is 25.1 Å². The van der Waals surface area contributed by atoms with Crippen molar-refractivity contribution in [3.63, 3.8) is 0 Å². The van der Waals surface area contributed by atoms with Crippen LogP contribution in [0.15, 0.2) is 63.3 Å². The number of nitrogens with zero attached hydrogens (tertiary/aromatic N) is 3. The minimum Gasteiger partial charge on any atom is -0.433 e. The number of rotatable bonds is 22. The molecular weight excluding hydrogens is 713 g/mol. The summed E-state index contributed by atoms with van der Waals surface area (Å²) in [6, 6.07) is 11.7. The molecule has 292 valence electrons. The van der Waals surface area contributed by atoms with Gasteiger partial charge in [0, 0.05) is 29.4 Å². The number of nitrogens with one attached hydrogen (secondary N) is 1. The van der Waals surface area contributed by atoms with Gasteiger partial charge in [-0.1, -0.05) is 110 Å². The molecule has 13 heteroatoms. The highest BCUT2D eigenvalue weighted by molar-refractivity contribution is 8.00. The van der Waals surface area contributed by atoms with E-state index in [2.05, 4.69) is 38.0 Å². The molecule has 1 N–H and O–H groups in total. The van der Waals surface area contributed by atoms with E-state index >= 15 is 0 Å². The molecule has 0 radical (unpaired) electrons. The van der Waals surface area contributed by atoms with Gasteiger partial charge in [-0.25, -0.2) is 23.1 Å². The van der Waals surface area contributed by atoms with E-state index in [0.717, 1.165) is 28.5 Å². The zero-order valence-electron chi connectivity index (χ0n) is 32.3. The van der Waals surface area contributed by atoms with Gasteiger partial charge >= 0.3 is 6.09 Å². The molecular formula is C40H58N4O7S2. The Kier molecular flexibility index (Phi) is 15.4. The summed E-state index contributed by atoms with van der Waals surface area (Å²) < 4.78 is 40.7. The molecule has 1 fully saturated rings. The predicted molar refractivity (Wildman–Crippen MR) is 211 cm³/mol. The molecule has 11 nitrogen and oxygen atoms in total. The van der Waals surface area contributed by atoms with E-state index in [-0.39, 0.29) is 34.3 Å². The number of thioether (sulfide) groups is 1. The molecule has 2 aromatic carbocycles. The van der Waals surface area contributed by atoms with Crippen molar-refractivity contribution in [2.45, 2.75) is 145 Å². The number of hydrogen-bond donors (Lipinski definition) is 1. The van der Waals surface area contributed by atoms with Crippen LogP contribution in [0.2, 0.25) is 0 Å². The van der Waals surface area contributed by atoms with Gasteiger partial charge in [-0.05, 0) is 57.4 Å². The van der Waals surface area contributed by atoms with Crippen LogP contribution >= 0.6 is 11.8 Å². The normalized spacial score (nSPS) is 17.0. The van der Waals surface area contributed by atoms with Crippen LogP contribution in [0.3, 0.4) is 0 Å². The summed E-state index contributed by atoms with van der Waals surface area (Å²) in [4.78, 5) is 47.8. The van der Waals surface area contributed by atoms with E-state index in [1.165, 1.54) is 77.3 Å². The molecule has 0 spiro atoms. The number of sulfonamides is 1. The fourth-order valence-electron chi connectivity index (χ4n) is 6.21. The number of cyclic esters (lactones) is 1. The summed E-state index contributed by atoms with van der Waals surface area (Å²) in [7, 11) is -4.26. The molecule has 1 saturated heterocycles. The summed E-state index contributed by atoms with van der Waals surface area (Å²) in [5.74, 6) is -1.85. The minimum atomic E-state index is -4.26. The highest BCUT2D eigenvalue weighted by Gasteiger charge is 2.55. The molecule has 0 aromatic heterocycles. The summed E-state index contributed by atoms with van der Waals surface area (Å²) in [6.45, 7) is 12.1. The number of hydrogen-bond acceptors (Lipinski definition) is 9. The van der Waals surface area contributed by atoms with Crippen molar-refractivity contribution < 1.29 is 32.3 Å². The Morgan fingerprint density at radius 3 is 2.15 bits per heavy atom. The van der Waals surface area contributed by atoms with E-state index in [1.54, 1.807) is 36.0 Å². The van der Waals surface area contributed by atoms with Gasteiger partial charge in [0.05, 0.1) is 11.4 Å². The monoisotopic (exact) mass is 770 g/mol. The van der Waals surface area contributed by atoms with Crippen LogP contribution in [0, 0.1) is 0 Å². The van der Waals surface area contributed by atoms with Gasteiger partial charge in [-0.15, -0.1) is 11.8 Å². The maximum absolute atomic E-state index is 14.5. The first-order valence-electron chi connectivity index (χ1n) is 19.2. The second kappa shape index (κ2) is 19.3. The van der Waals surface area contributed by atoms with Crippen LogP contribution in [0.4, 0.5) is 16.2 Å². The quantitative estimate of drug-likeness (QED) is 0.0926. The van der Waals surface area contributed by atoms with Crippen LogP contribution < -0.4 is 5.32 Å². The number of carbonyl (C=O) groups is 3. The number of carbonyl (C=O) groups excluding carboxylic acids is 3. The van der Waals surface area contributed by atoms with E-state index in [4.69, 9.17) is 9.47 Å². The lowest BCUT2D eigenvalue weighted by Crippen LogP contribution is -2.59. The maximum Gasteiger partial charge on any atom is 0.418 e. The van der Waals surface area contributed by atoms with Crippen molar-refractivity contribution in [1.29, 1.82) is 0 Å². The zero-order valence-corrected chi connectivity index (χ0v) is 34.0. The Morgan fingerprint density at radius 1 is 0.906 bits per heavy atom. The number of benzene rings is 2. The number of para-hydroxylation sites is 2. The number of unbranched alkanes of at least 4 members (excludes halogenated alkanes) is 9. The fraction of sp³-hybridized carbons (Fsp3) is 0.600. The lowest BCUT2D eigenvalue weighted by Gasteiger charge is -2.35. The van der Waals surface area contributed by atoms with Gasteiger partial charge in [0.15, 0.2) is 17.5 Å². The van der Waals surface area contributed by atoms with Crippen LogP contribution in [-0.2, 0) is 29.1 Å². The van der Waals surface area contributed by atoms with Crippen LogP contribution in [0.25, 0.3) is 0 Å². The lowest BCUT2D eigenvalue weighted by molar-refractivity contribution is -0.137. The number of anilines is 1. The SMILES string of the molecule is CCCCCCCCCCCCOCCCN1C(C(C(=O)Nc2ccccc2SC(C)(C)CC)N2C(=O)OC(C)(C)C2=O)=Nc2ccccc2S1(=O)=O. The smallest absolute Gasteiger partial charge is 0.418 e. The Labute approximate surface area is 320 Å². The molecule has 0 bridgehead atoms. The summed E-state index contributed by atoms with van der Waals surface area (Å²) in [5, 5.41) is 2.90. The zero-order chi connectivity index (χ0) is 38.6. The molecule has 3 amide bonds. The second-order valence-corrected chi connectivity index (χ2v) is 18.4. The van der Waals surface area contributed by atoms with Gasteiger partial charge in [-0.3, -0.25) is 13.9 Å². The highest BCUT2D eigenvalue weighted by Crippen LogP contribution is 2.40. The number of ether oxygens (including phenoxy) is 2. The third-order valence-corrected chi connectivity index (χ3v) is 12.9. The number of amides is 3. The predicted octanol–water partition coefficient (Wildman–Crippen LogP) is 9.09. The first-order chi connectivity index (χ1) is 25.2. The number of imide groups is 1. The van der Waals surface area contributed by atoms with Gasteiger partial charge < -0.3 is 14.8 Å². The molecule has 1 atom stereocenters. The highest BCUT2D eigenvalue weighted by atomic mass is 32.2. The van der Waals surface area contributed by atoms with Crippen LogP contribution in [-0.4, -0.2) is 77.5 Å². The standard InChI is InChI=1S/C40H58N4O7S2/c1-7-9-10-11-12-13-14-15-16-21-28-50-29-22-27-43-35(41-31-24-18-20-26-33(31)53(43,48)49)34(44-37(46)40(5,6)51-38(44)47)36(45)42-30-23-17-19-25-32(30)52-39(3,4)8-2/h17-20,23-26,34H,7-16,21-22,27-29H2,1-6H3,(H,42,45). The summed E-state index contributed by atoms with van der Waals surface area (Å²) >= 11 is 1.58. The van der Waals surface area contributed by atoms with Crippen LogP contribution in [0.5, 0.6) is 0 Å². The molecule has 1 unspecified atom stereocenters. The molecule has 4 rings (SSSR count). The molecule has 0 saturated carbocycles. The Balaban J connectivity index is 1.55. The third kappa shape index (κ3) is 11.1. The van der Waals surface area contributed by atoms with E-state index in [0.29, 0.717) is 23.6 Å². The lowest BCUT2D eigenvalue weighted by atomic mass is 10.1. The fourth-order valence-corrected chi connectivity index (χ4v) is 8.95. The van der Waals surface area contributed by atoms with Gasteiger partial charge in [0.1, 0.15) is 4.90 Å². The summed E-state index contributed by atoms with van der Waals surface area (Å²) in [6.07, 6.45) is 12.3. The molecule has 2 heterocycles. The molecule has 2 aromatic rings. The Morgan fingerprint density at radius 2 is 1.51 bits per heavy atom. The Hall–Kier alpha value is -3.42. The van der Waals surface area contributed by atoms with Crippen molar-refractivity contribution in [3.05, 3.63) is 48.5 Å². The molecule has 2 aliphatic rings. The first kappa shape index (κ1) is 42.3. The minimum absolute atomic E-state index is 0.0339. The van der Waals surface area contributed by atoms with Crippen molar-refractivity contribution in [2.24, 2.45) is 4.99 Å². The molecule has 53 heavy (non-hydrogen) atoms. The molecule has 2 aliphatic heterocycles. The van der Waals surface area contributed by atoms with Crippen molar-refractivity contribution >= 4 is 56.9 Å².